The number of Topliss-reactive ketones (excluding diaryl/α,β-unsaturated/α-hetero) is 2. The smallest absolute Gasteiger partial charge is 0.238 e. The molecule has 202 valence electrons. The second-order valence-electron chi connectivity index (χ2n) is 11.2. The molecule has 1 saturated heterocycles. The number of fused-ring (bicyclic) bond motifs is 6. The number of nitrogens with zero attached hydrogens (tertiary/aromatic N) is 1. The van der Waals surface area contributed by atoms with Gasteiger partial charge < -0.3 is 10.2 Å². The van der Waals surface area contributed by atoms with Crippen molar-refractivity contribution >= 4 is 46.5 Å². The van der Waals surface area contributed by atoms with Gasteiger partial charge in [0.05, 0.1) is 12.0 Å². The van der Waals surface area contributed by atoms with E-state index in [1.54, 1.807) is 36.4 Å². The summed E-state index contributed by atoms with van der Waals surface area (Å²) in [7, 11) is 0. The number of hydrogen-bond donors (Lipinski definition) is 1. The number of rotatable bonds is 4. The molecule has 0 radical (unpaired) electrons. The summed E-state index contributed by atoms with van der Waals surface area (Å²) in [5, 5.41) is 3.58. The molecule has 0 aliphatic carbocycles. The van der Waals surface area contributed by atoms with E-state index >= 15 is 0 Å². The molecule has 0 saturated carbocycles. The van der Waals surface area contributed by atoms with E-state index in [9.17, 15) is 14.4 Å². The maximum atomic E-state index is 14.8. The molecule has 4 aromatic carbocycles. The Bertz CT molecular complexity index is 1780. The number of ketones is 2. The summed E-state index contributed by atoms with van der Waals surface area (Å²) in [6.45, 7) is 3.98. The summed E-state index contributed by atoms with van der Waals surface area (Å²) in [5.74, 6) is -1.74. The molecule has 6 heteroatoms. The standard InChI is InChI=1S/C35H27ClN2O3/c1-20-7-10-22(11-8-20)32(39)30-31(33(40)23-12-15-25(36)16-13-23)38-28-17-9-21(2)19-24(28)14-18-29(38)35(30)26-5-3-4-6-27(26)37-34(35)41/h3-19,29-31H,1-2H3,(H,37,41)/t29-,30-,31-,35+/m1/s1. The number of carbonyl (C=O) groups excluding carboxylic acids is 3. The average molecular weight is 559 g/mol. The van der Waals surface area contributed by atoms with Crippen molar-refractivity contribution < 1.29 is 14.4 Å². The monoisotopic (exact) mass is 558 g/mol. The van der Waals surface area contributed by atoms with Crippen molar-refractivity contribution in [1.82, 2.24) is 0 Å². The molecule has 3 aliphatic heterocycles. The van der Waals surface area contributed by atoms with Gasteiger partial charge in [-0.15, -0.1) is 0 Å². The molecule has 0 aromatic heterocycles. The lowest BCUT2D eigenvalue weighted by Crippen LogP contribution is -2.51. The van der Waals surface area contributed by atoms with E-state index in [1.807, 2.05) is 79.4 Å². The molecule has 41 heavy (non-hydrogen) atoms. The second kappa shape index (κ2) is 9.28. The molecule has 5 nitrogen and oxygen atoms in total. The van der Waals surface area contributed by atoms with Crippen LogP contribution in [0.15, 0.2) is 97.1 Å². The Morgan fingerprint density at radius 1 is 0.829 bits per heavy atom. The number of nitrogens with one attached hydrogen (secondary N) is 1. The lowest BCUT2D eigenvalue weighted by atomic mass is 9.64. The van der Waals surface area contributed by atoms with E-state index in [1.165, 1.54) is 0 Å². The third-order valence-corrected chi connectivity index (χ3v) is 9.06. The Labute approximate surface area is 243 Å². The lowest BCUT2D eigenvalue weighted by Gasteiger charge is -2.37. The molecular weight excluding hydrogens is 532 g/mol. The van der Waals surface area contributed by atoms with Gasteiger partial charge in [-0.25, -0.2) is 0 Å². The highest BCUT2D eigenvalue weighted by atomic mass is 35.5. The van der Waals surface area contributed by atoms with E-state index in [-0.39, 0.29) is 17.5 Å². The van der Waals surface area contributed by atoms with Crippen LogP contribution in [0.25, 0.3) is 6.08 Å². The molecule has 7 rings (SSSR count). The van der Waals surface area contributed by atoms with Crippen LogP contribution in [0.5, 0.6) is 0 Å². The van der Waals surface area contributed by atoms with Gasteiger partial charge in [0.2, 0.25) is 5.91 Å². The molecule has 1 spiro atoms. The molecule has 4 aromatic rings. The maximum absolute atomic E-state index is 14.8. The van der Waals surface area contributed by atoms with Gasteiger partial charge in [0.1, 0.15) is 11.5 Å². The van der Waals surface area contributed by atoms with Gasteiger partial charge in [-0.1, -0.05) is 83.4 Å². The summed E-state index contributed by atoms with van der Waals surface area (Å²) in [5.41, 5.74) is 4.85. The molecule has 1 fully saturated rings. The van der Waals surface area contributed by atoms with Crippen molar-refractivity contribution in [2.75, 3.05) is 10.2 Å². The summed E-state index contributed by atoms with van der Waals surface area (Å²) in [6, 6.07) is 26.2. The zero-order valence-corrected chi connectivity index (χ0v) is 23.4. The lowest BCUT2D eigenvalue weighted by molar-refractivity contribution is -0.121. The van der Waals surface area contributed by atoms with Gasteiger partial charge in [0, 0.05) is 27.5 Å². The molecule has 4 atom stereocenters. The third kappa shape index (κ3) is 3.65. The predicted octanol–water partition coefficient (Wildman–Crippen LogP) is 6.81. The molecule has 0 bridgehead atoms. The number of benzene rings is 4. The molecule has 1 N–H and O–H groups in total. The summed E-state index contributed by atoms with van der Waals surface area (Å²) in [6.07, 6.45) is 4.01. The molecule has 3 aliphatic rings. The normalized spacial score (nSPS) is 23.6. The number of para-hydroxylation sites is 1. The van der Waals surface area contributed by atoms with Gasteiger partial charge in [-0.3, -0.25) is 14.4 Å². The zero-order valence-electron chi connectivity index (χ0n) is 22.6. The first-order valence-corrected chi connectivity index (χ1v) is 14.1. The first-order chi connectivity index (χ1) is 19.8. The van der Waals surface area contributed by atoms with Gasteiger partial charge >= 0.3 is 0 Å². The first-order valence-electron chi connectivity index (χ1n) is 13.7. The summed E-state index contributed by atoms with van der Waals surface area (Å²) < 4.78 is 0. The van der Waals surface area contributed by atoms with Crippen molar-refractivity contribution in [2.24, 2.45) is 5.92 Å². The van der Waals surface area contributed by atoms with Gasteiger partial charge in [-0.05, 0) is 67.4 Å². The van der Waals surface area contributed by atoms with E-state index in [0.717, 1.165) is 27.9 Å². The second-order valence-corrected chi connectivity index (χ2v) is 11.6. The van der Waals surface area contributed by atoms with Crippen LogP contribution in [-0.4, -0.2) is 29.6 Å². The molecular formula is C35H27ClN2O3. The number of anilines is 2. The Morgan fingerprint density at radius 3 is 2.24 bits per heavy atom. The fraction of sp³-hybridized carbons (Fsp3) is 0.171. The zero-order chi connectivity index (χ0) is 28.5. The van der Waals surface area contributed by atoms with Crippen molar-refractivity contribution in [3.63, 3.8) is 0 Å². The van der Waals surface area contributed by atoms with E-state index < -0.39 is 23.4 Å². The Hall–Kier alpha value is -4.48. The van der Waals surface area contributed by atoms with Gasteiger partial charge in [0.15, 0.2) is 11.6 Å². The Morgan fingerprint density at radius 2 is 1.49 bits per heavy atom. The van der Waals surface area contributed by atoms with Crippen LogP contribution in [-0.2, 0) is 10.2 Å². The van der Waals surface area contributed by atoms with Gasteiger partial charge in [-0.2, -0.15) is 0 Å². The largest absolute Gasteiger partial charge is 0.352 e. The van der Waals surface area contributed by atoms with Crippen molar-refractivity contribution in [2.45, 2.75) is 31.3 Å². The van der Waals surface area contributed by atoms with Crippen LogP contribution < -0.4 is 10.2 Å². The third-order valence-electron chi connectivity index (χ3n) is 8.80. The van der Waals surface area contributed by atoms with Crippen molar-refractivity contribution in [3.05, 3.63) is 135 Å². The fourth-order valence-electron chi connectivity index (χ4n) is 6.98. The highest BCUT2D eigenvalue weighted by Gasteiger charge is 2.70. The van der Waals surface area contributed by atoms with Crippen LogP contribution in [0.1, 0.15) is 43.0 Å². The van der Waals surface area contributed by atoms with Crippen LogP contribution in [0, 0.1) is 19.8 Å². The number of carbonyl (C=O) groups is 3. The van der Waals surface area contributed by atoms with Crippen LogP contribution in [0.3, 0.4) is 0 Å². The maximum Gasteiger partial charge on any atom is 0.238 e. The fourth-order valence-corrected chi connectivity index (χ4v) is 7.11. The number of aryl methyl sites for hydroxylation is 2. The molecule has 1 amide bonds. The van der Waals surface area contributed by atoms with Crippen LogP contribution >= 0.6 is 11.6 Å². The number of amides is 1. The van der Waals surface area contributed by atoms with Gasteiger partial charge in [0.25, 0.3) is 0 Å². The first kappa shape index (κ1) is 25.5. The molecule has 0 unspecified atom stereocenters. The number of hydrogen-bond acceptors (Lipinski definition) is 4. The SMILES string of the molecule is Cc1ccc(C(=O)[C@H]2[C@H](C(=O)c3ccc(Cl)cc3)N3c4ccc(C)cc4C=C[C@@H]3[C@]23C(=O)Nc2ccccc23)cc1. The minimum Gasteiger partial charge on any atom is -0.352 e. The summed E-state index contributed by atoms with van der Waals surface area (Å²) >= 11 is 6.18. The Kier molecular flexibility index (Phi) is 5.77. The van der Waals surface area contributed by atoms with Crippen LogP contribution in [0.2, 0.25) is 5.02 Å². The number of halogens is 1. The Balaban J connectivity index is 1.53. The topological polar surface area (TPSA) is 66.5 Å². The predicted molar refractivity (Wildman–Crippen MR) is 162 cm³/mol. The van der Waals surface area contributed by atoms with E-state index in [4.69, 9.17) is 11.6 Å². The van der Waals surface area contributed by atoms with Crippen molar-refractivity contribution in [3.8, 4) is 0 Å². The van der Waals surface area contributed by atoms with Crippen molar-refractivity contribution in [1.29, 1.82) is 0 Å². The van der Waals surface area contributed by atoms with E-state index in [0.29, 0.717) is 21.8 Å². The molecule has 3 heterocycles. The van der Waals surface area contributed by atoms with Crippen LogP contribution in [0.4, 0.5) is 11.4 Å². The highest BCUT2D eigenvalue weighted by Crippen LogP contribution is 2.58. The quantitative estimate of drug-likeness (QED) is 0.279. The minimum atomic E-state index is -1.33. The summed E-state index contributed by atoms with van der Waals surface area (Å²) in [4.78, 5) is 45.8. The van der Waals surface area contributed by atoms with E-state index in [2.05, 4.69) is 11.4 Å². The average Bonchev–Trinajstić information content (AvgIpc) is 3.45. The minimum absolute atomic E-state index is 0.229. The highest BCUT2D eigenvalue weighted by molar-refractivity contribution is 6.30.